The molecule has 8 heteroatoms. The smallest absolute Gasteiger partial charge is 0.204 e. The summed E-state index contributed by atoms with van der Waals surface area (Å²) in [7, 11) is 0. The van der Waals surface area contributed by atoms with E-state index in [4.69, 9.17) is 12.2 Å². The van der Waals surface area contributed by atoms with Crippen molar-refractivity contribution in [1.29, 1.82) is 0 Å². The van der Waals surface area contributed by atoms with Crippen molar-refractivity contribution in [2.45, 2.75) is 13.5 Å². The second-order valence-electron chi connectivity index (χ2n) is 5.63. The van der Waals surface area contributed by atoms with Crippen molar-refractivity contribution in [2.75, 3.05) is 0 Å². The highest BCUT2D eigenvalue weighted by molar-refractivity contribution is 7.71. The number of nitrogens with zero attached hydrogens (tertiary/aromatic N) is 6. The van der Waals surface area contributed by atoms with E-state index in [1.54, 1.807) is 0 Å². The lowest BCUT2D eigenvalue weighted by atomic mass is 10.2. The fraction of sp³-hybridized carbons (Fsp3) is 0.118. The highest BCUT2D eigenvalue weighted by atomic mass is 32.1. The van der Waals surface area contributed by atoms with Gasteiger partial charge in [0.1, 0.15) is 6.54 Å². The van der Waals surface area contributed by atoms with Crippen LogP contribution in [0.1, 0.15) is 11.4 Å². The fourth-order valence-corrected chi connectivity index (χ4v) is 2.86. The van der Waals surface area contributed by atoms with E-state index in [1.165, 1.54) is 4.80 Å². The Morgan fingerprint density at radius 2 is 1.92 bits per heavy atom. The van der Waals surface area contributed by atoms with Crippen LogP contribution in [-0.4, -0.2) is 35.0 Å². The van der Waals surface area contributed by atoms with Crippen LogP contribution >= 0.6 is 12.2 Å². The first-order valence-corrected chi connectivity index (χ1v) is 8.18. The number of rotatable bonds is 4. The van der Waals surface area contributed by atoms with Crippen LogP contribution < -0.4 is 0 Å². The zero-order valence-corrected chi connectivity index (χ0v) is 14.3. The molecule has 2 heterocycles. The van der Waals surface area contributed by atoms with Gasteiger partial charge in [-0.05, 0) is 42.1 Å². The molecule has 0 spiro atoms. The van der Waals surface area contributed by atoms with Crippen molar-refractivity contribution in [3.63, 3.8) is 0 Å². The molecule has 0 saturated heterocycles. The van der Waals surface area contributed by atoms with Crippen molar-refractivity contribution in [1.82, 2.24) is 35.0 Å². The molecule has 1 N–H and O–H groups in total. The Labute approximate surface area is 149 Å². The molecular formula is C17H15N7S. The minimum Gasteiger partial charge on any atom is -0.270 e. The molecule has 0 radical (unpaired) electrons. The van der Waals surface area contributed by atoms with Crippen LogP contribution in [0.25, 0.3) is 17.1 Å². The maximum Gasteiger partial charge on any atom is 0.204 e. The first-order chi connectivity index (χ1) is 12.2. The molecule has 2 aromatic heterocycles. The SMILES string of the molecule is Cc1cccc(-n2c(Cn3nnc(-c4ccccc4)n3)n[nH]c2=S)c1. The summed E-state index contributed by atoms with van der Waals surface area (Å²) >= 11 is 5.38. The topological polar surface area (TPSA) is 77.2 Å². The minimum absolute atomic E-state index is 0.362. The predicted molar refractivity (Wildman–Crippen MR) is 95.8 cm³/mol. The summed E-state index contributed by atoms with van der Waals surface area (Å²) in [6.07, 6.45) is 0. The van der Waals surface area contributed by atoms with Gasteiger partial charge >= 0.3 is 0 Å². The van der Waals surface area contributed by atoms with Crippen LogP contribution in [0.5, 0.6) is 0 Å². The number of tetrazole rings is 1. The van der Waals surface area contributed by atoms with Gasteiger partial charge in [0, 0.05) is 11.3 Å². The Balaban J connectivity index is 1.67. The minimum atomic E-state index is 0.362. The standard InChI is InChI=1S/C17H15N7S/c1-12-6-5-9-14(10-12)24-15(18-20-17(24)25)11-23-21-16(19-22-23)13-7-3-2-4-8-13/h2-10H,11H2,1H3,(H,20,25). The van der Waals surface area contributed by atoms with E-state index in [0.29, 0.717) is 23.0 Å². The van der Waals surface area contributed by atoms with E-state index in [9.17, 15) is 0 Å². The number of aromatic amines is 1. The van der Waals surface area contributed by atoms with Gasteiger partial charge in [-0.25, -0.2) is 0 Å². The average Bonchev–Trinajstić information content (AvgIpc) is 3.23. The lowest BCUT2D eigenvalue weighted by Crippen LogP contribution is -2.10. The maximum atomic E-state index is 5.38. The van der Waals surface area contributed by atoms with Crippen LogP contribution in [0, 0.1) is 11.7 Å². The molecule has 0 aliphatic heterocycles. The van der Waals surface area contributed by atoms with Gasteiger partial charge in [-0.2, -0.15) is 9.90 Å². The number of H-pyrrole nitrogens is 1. The van der Waals surface area contributed by atoms with E-state index in [0.717, 1.165) is 16.8 Å². The molecular weight excluding hydrogens is 334 g/mol. The average molecular weight is 349 g/mol. The van der Waals surface area contributed by atoms with Gasteiger partial charge in [-0.3, -0.25) is 9.67 Å². The Bertz CT molecular complexity index is 1060. The zero-order chi connectivity index (χ0) is 17.2. The molecule has 0 saturated carbocycles. The number of hydrogen-bond acceptors (Lipinski definition) is 5. The normalized spacial score (nSPS) is 10.9. The van der Waals surface area contributed by atoms with Gasteiger partial charge < -0.3 is 0 Å². The number of benzene rings is 2. The largest absolute Gasteiger partial charge is 0.270 e. The number of aromatic nitrogens is 7. The predicted octanol–water partition coefficient (Wildman–Crippen LogP) is 2.94. The van der Waals surface area contributed by atoms with Crippen LogP contribution in [0.15, 0.2) is 54.6 Å². The molecule has 0 aliphatic carbocycles. The third kappa shape index (κ3) is 3.11. The van der Waals surface area contributed by atoms with Crippen molar-refractivity contribution < 1.29 is 0 Å². The lowest BCUT2D eigenvalue weighted by Gasteiger charge is -2.07. The van der Waals surface area contributed by atoms with E-state index in [2.05, 4.69) is 31.7 Å². The summed E-state index contributed by atoms with van der Waals surface area (Å²) in [4.78, 5) is 1.51. The summed E-state index contributed by atoms with van der Waals surface area (Å²) in [5.74, 6) is 1.30. The monoisotopic (exact) mass is 349 g/mol. The highest BCUT2D eigenvalue weighted by Crippen LogP contribution is 2.15. The Morgan fingerprint density at radius 3 is 2.72 bits per heavy atom. The summed E-state index contributed by atoms with van der Waals surface area (Å²) in [6, 6.07) is 17.8. The summed E-state index contributed by atoms with van der Waals surface area (Å²) in [6.45, 7) is 2.40. The van der Waals surface area contributed by atoms with Crippen molar-refractivity contribution in [2.24, 2.45) is 0 Å². The zero-order valence-electron chi connectivity index (χ0n) is 13.5. The molecule has 0 atom stereocenters. The van der Waals surface area contributed by atoms with Crippen LogP contribution in [0.4, 0.5) is 0 Å². The van der Waals surface area contributed by atoms with Gasteiger partial charge in [0.05, 0.1) is 0 Å². The lowest BCUT2D eigenvalue weighted by molar-refractivity contribution is 0.548. The van der Waals surface area contributed by atoms with E-state index in [1.807, 2.05) is 60.0 Å². The molecule has 0 amide bonds. The maximum absolute atomic E-state index is 5.38. The molecule has 4 aromatic rings. The fourth-order valence-electron chi connectivity index (χ4n) is 2.61. The molecule has 0 unspecified atom stereocenters. The number of hydrogen-bond donors (Lipinski definition) is 1. The summed E-state index contributed by atoms with van der Waals surface area (Å²) in [5, 5.41) is 19.8. The van der Waals surface area contributed by atoms with Gasteiger partial charge in [-0.15, -0.1) is 10.2 Å². The molecule has 0 bridgehead atoms. The van der Waals surface area contributed by atoms with E-state index in [-0.39, 0.29) is 0 Å². The Kier molecular flexibility index (Phi) is 3.95. The first-order valence-electron chi connectivity index (χ1n) is 7.77. The van der Waals surface area contributed by atoms with Gasteiger partial charge in [0.2, 0.25) is 5.82 Å². The highest BCUT2D eigenvalue weighted by Gasteiger charge is 2.12. The molecule has 7 nitrogen and oxygen atoms in total. The second kappa shape index (κ2) is 6.40. The summed E-state index contributed by atoms with van der Waals surface area (Å²) in [5.41, 5.74) is 3.03. The molecule has 0 aliphatic rings. The van der Waals surface area contributed by atoms with E-state index >= 15 is 0 Å². The van der Waals surface area contributed by atoms with E-state index < -0.39 is 0 Å². The van der Waals surface area contributed by atoms with Crippen molar-refractivity contribution in [3.8, 4) is 17.1 Å². The van der Waals surface area contributed by atoms with Crippen LogP contribution in [0.2, 0.25) is 0 Å². The molecule has 25 heavy (non-hydrogen) atoms. The quantitative estimate of drug-likeness (QED) is 0.573. The third-order valence-electron chi connectivity index (χ3n) is 3.77. The molecule has 124 valence electrons. The van der Waals surface area contributed by atoms with Crippen LogP contribution in [0.3, 0.4) is 0 Å². The van der Waals surface area contributed by atoms with Gasteiger partial charge in [-0.1, -0.05) is 42.5 Å². The van der Waals surface area contributed by atoms with Crippen molar-refractivity contribution in [3.05, 3.63) is 70.8 Å². The third-order valence-corrected chi connectivity index (χ3v) is 4.04. The van der Waals surface area contributed by atoms with Gasteiger partial charge in [0.15, 0.2) is 10.6 Å². The molecule has 2 aromatic carbocycles. The molecule has 0 fully saturated rings. The first kappa shape index (κ1) is 15.4. The summed E-state index contributed by atoms with van der Waals surface area (Å²) < 4.78 is 2.41. The van der Waals surface area contributed by atoms with Gasteiger partial charge in [0.25, 0.3) is 0 Å². The number of nitrogens with one attached hydrogen (secondary N) is 1. The Hall–Kier alpha value is -3.13. The molecule has 4 rings (SSSR count). The number of aryl methyl sites for hydroxylation is 1. The van der Waals surface area contributed by atoms with Crippen LogP contribution in [-0.2, 0) is 6.54 Å². The second-order valence-corrected chi connectivity index (χ2v) is 6.02. The Morgan fingerprint density at radius 1 is 1.08 bits per heavy atom. The van der Waals surface area contributed by atoms with Crippen molar-refractivity contribution >= 4 is 12.2 Å².